The van der Waals surface area contributed by atoms with Crippen molar-refractivity contribution in [1.82, 2.24) is 10.2 Å². The minimum atomic E-state index is -0.426. The minimum Gasteiger partial charge on any atom is -0.492 e. The van der Waals surface area contributed by atoms with Crippen LogP contribution in [0.2, 0.25) is 0 Å². The van der Waals surface area contributed by atoms with Crippen LogP contribution in [0.15, 0.2) is 48.5 Å². The lowest BCUT2D eigenvalue weighted by Gasteiger charge is -2.20. The van der Waals surface area contributed by atoms with Crippen LogP contribution in [0.4, 0.5) is 16.2 Å². The average Bonchev–Trinajstić information content (AvgIpc) is 3.49. The van der Waals surface area contributed by atoms with Crippen molar-refractivity contribution in [2.24, 2.45) is 5.92 Å². The topological polar surface area (TPSA) is 91.0 Å². The number of urea groups is 1. The number of para-hydroxylation sites is 2. The quantitative estimate of drug-likeness (QED) is 0.677. The Bertz CT molecular complexity index is 1020. The van der Waals surface area contributed by atoms with Gasteiger partial charge in [-0.15, -0.1) is 0 Å². The van der Waals surface area contributed by atoms with Gasteiger partial charge in [-0.2, -0.15) is 0 Å². The van der Waals surface area contributed by atoms with Crippen molar-refractivity contribution in [3.8, 4) is 5.75 Å². The molecular weight excluding hydrogens is 420 g/mol. The lowest BCUT2D eigenvalue weighted by atomic mass is 10.1. The van der Waals surface area contributed by atoms with Gasteiger partial charge in [0.1, 0.15) is 5.75 Å². The highest BCUT2D eigenvalue weighted by Gasteiger charge is 2.36. The Labute approximate surface area is 193 Å². The normalized spacial score (nSPS) is 17.8. The molecule has 0 aliphatic carbocycles. The van der Waals surface area contributed by atoms with Gasteiger partial charge in [0.15, 0.2) is 0 Å². The molecule has 2 N–H and O–H groups in total. The Morgan fingerprint density at radius 2 is 1.88 bits per heavy atom. The summed E-state index contributed by atoms with van der Waals surface area (Å²) in [7, 11) is 0. The molecule has 8 heteroatoms. The van der Waals surface area contributed by atoms with Crippen molar-refractivity contribution >= 4 is 29.2 Å². The van der Waals surface area contributed by atoms with Gasteiger partial charge in [-0.05, 0) is 49.6 Å². The number of hydrogen-bond acceptors (Lipinski definition) is 4. The molecule has 0 aromatic heterocycles. The number of nitrogens with zero attached hydrogens (tertiary/aromatic N) is 2. The Kier molecular flexibility index (Phi) is 7.12. The van der Waals surface area contributed by atoms with Gasteiger partial charge in [0, 0.05) is 38.3 Å². The molecule has 174 valence electrons. The van der Waals surface area contributed by atoms with Crippen molar-refractivity contribution in [3.05, 3.63) is 54.1 Å². The van der Waals surface area contributed by atoms with Gasteiger partial charge in [-0.25, -0.2) is 4.79 Å². The van der Waals surface area contributed by atoms with Gasteiger partial charge in [0.05, 0.1) is 18.2 Å². The van der Waals surface area contributed by atoms with Crippen molar-refractivity contribution in [2.45, 2.75) is 32.7 Å². The lowest BCUT2D eigenvalue weighted by Crippen LogP contribution is -2.33. The lowest BCUT2D eigenvalue weighted by molar-refractivity contribution is -0.126. The summed E-state index contributed by atoms with van der Waals surface area (Å²) >= 11 is 0. The van der Waals surface area contributed by atoms with E-state index in [-0.39, 0.29) is 24.3 Å². The van der Waals surface area contributed by atoms with Gasteiger partial charge in [0.2, 0.25) is 11.8 Å². The van der Waals surface area contributed by atoms with Crippen LogP contribution in [0.5, 0.6) is 5.75 Å². The molecule has 2 fully saturated rings. The number of benzene rings is 2. The van der Waals surface area contributed by atoms with E-state index in [4.69, 9.17) is 4.74 Å². The molecule has 2 aromatic carbocycles. The van der Waals surface area contributed by atoms with E-state index in [1.807, 2.05) is 55.5 Å². The van der Waals surface area contributed by atoms with E-state index in [2.05, 4.69) is 10.6 Å². The highest BCUT2D eigenvalue weighted by Crippen LogP contribution is 2.33. The Morgan fingerprint density at radius 3 is 2.67 bits per heavy atom. The Morgan fingerprint density at radius 1 is 1.09 bits per heavy atom. The van der Waals surface area contributed by atoms with Crippen LogP contribution in [0.25, 0.3) is 0 Å². The van der Waals surface area contributed by atoms with Crippen LogP contribution < -0.4 is 20.3 Å². The van der Waals surface area contributed by atoms with Crippen molar-refractivity contribution in [2.75, 3.05) is 36.5 Å². The third kappa shape index (κ3) is 5.45. The van der Waals surface area contributed by atoms with Crippen molar-refractivity contribution in [1.29, 1.82) is 0 Å². The van der Waals surface area contributed by atoms with Crippen LogP contribution >= 0.6 is 0 Å². The second kappa shape index (κ2) is 10.4. The van der Waals surface area contributed by atoms with Gasteiger partial charge < -0.3 is 25.2 Å². The molecule has 2 aromatic rings. The third-order valence-electron chi connectivity index (χ3n) is 5.99. The molecule has 4 amide bonds. The van der Waals surface area contributed by atoms with E-state index < -0.39 is 5.92 Å². The van der Waals surface area contributed by atoms with Crippen LogP contribution in [-0.4, -0.2) is 49.0 Å². The predicted molar refractivity (Wildman–Crippen MR) is 126 cm³/mol. The molecule has 2 aliphatic heterocycles. The van der Waals surface area contributed by atoms with E-state index in [1.165, 1.54) is 0 Å². The van der Waals surface area contributed by atoms with Gasteiger partial charge in [0.25, 0.3) is 0 Å². The SMILES string of the molecule is CCOc1ccccc1N1CC(C(=O)NCc2cccc(NC(=O)N3CCCC3)c2)CC1=O. The molecule has 0 bridgehead atoms. The molecule has 4 rings (SSSR count). The minimum absolute atomic E-state index is 0.0890. The average molecular weight is 451 g/mol. The van der Waals surface area contributed by atoms with Crippen LogP contribution in [0.3, 0.4) is 0 Å². The molecule has 2 heterocycles. The highest BCUT2D eigenvalue weighted by molar-refractivity contribution is 6.01. The Balaban J connectivity index is 1.33. The highest BCUT2D eigenvalue weighted by atomic mass is 16.5. The monoisotopic (exact) mass is 450 g/mol. The fraction of sp³-hybridized carbons (Fsp3) is 0.400. The summed E-state index contributed by atoms with van der Waals surface area (Å²) < 4.78 is 5.64. The maximum Gasteiger partial charge on any atom is 0.321 e. The summed E-state index contributed by atoms with van der Waals surface area (Å²) in [6, 6.07) is 14.7. The van der Waals surface area contributed by atoms with E-state index in [0.29, 0.717) is 36.8 Å². The van der Waals surface area contributed by atoms with E-state index in [9.17, 15) is 14.4 Å². The number of carbonyl (C=O) groups excluding carboxylic acids is 3. The summed E-state index contributed by atoms with van der Waals surface area (Å²) in [5.41, 5.74) is 2.28. The van der Waals surface area contributed by atoms with E-state index in [0.717, 1.165) is 31.5 Å². The standard InChI is InChI=1S/C25H30N4O4/c1-2-33-22-11-4-3-10-21(22)29-17-19(15-23(29)30)24(31)26-16-18-8-7-9-20(14-18)27-25(32)28-12-5-6-13-28/h3-4,7-11,14,19H,2,5-6,12-13,15-17H2,1H3,(H,26,31)(H,27,32). The summed E-state index contributed by atoms with van der Waals surface area (Å²) in [6.07, 6.45) is 2.24. The first kappa shape index (κ1) is 22.6. The first-order valence-corrected chi connectivity index (χ1v) is 11.5. The molecule has 33 heavy (non-hydrogen) atoms. The predicted octanol–water partition coefficient (Wildman–Crippen LogP) is 3.38. The molecule has 1 unspecified atom stereocenters. The summed E-state index contributed by atoms with van der Waals surface area (Å²) in [4.78, 5) is 41.2. The molecule has 2 saturated heterocycles. The second-order valence-corrected chi connectivity index (χ2v) is 8.35. The fourth-order valence-electron chi connectivity index (χ4n) is 4.29. The number of carbonyl (C=O) groups is 3. The number of likely N-dealkylation sites (tertiary alicyclic amines) is 1. The molecule has 1 atom stereocenters. The first-order valence-electron chi connectivity index (χ1n) is 11.5. The molecule has 8 nitrogen and oxygen atoms in total. The van der Waals surface area contributed by atoms with E-state index >= 15 is 0 Å². The number of amides is 4. The zero-order valence-electron chi connectivity index (χ0n) is 18.9. The maximum absolute atomic E-state index is 12.8. The molecule has 0 spiro atoms. The summed E-state index contributed by atoms with van der Waals surface area (Å²) in [6.45, 7) is 4.61. The van der Waals surface area contributed by atoms with Crippen LogP contribution in [0.1, 0.15) is 31.7 Å². The first-order chi connectivity index (χ1) is 16.0. The maximum atomic E-state index is 12.8. The number of hydrogen-bond donors (Lipinski definition) is 2. The molecular formula is C25H30N4O4. The number of rotatable bonds is 7. The Hall–Kier alpha value is -3.55. The third-order valence-corrected chi connectivity index (χ3v) is 5.99. The number of nitrogens with one attached hydrogen (secondary N) is 2. The zero-order chi connectivity index (χ0) is 23.2. The summed E-state index contributed by atoms with van der Waals surface area (Å²) in [5, 5.41) is 5.86. The van der Waals surface area contributed by atoms with Crippen molar-refractivity contribution in [3.63, 3.8) is 0 Å². The molecule has 0 saturated carbocycles. The molecule has 0 radical (unpaired) electrons. The smallest absolute Gasteiger partial charge is 0.321 e. The number of anilines is 2. The van der Waals surface area contributed by atoms with E-state index in [1.54, 1.807) is 9.80 Å². The fourth-order valence-corrected chi connectivity index (χ4v) is 4.29. The van der Waals surface area contributed by atoms with Crippen LogP contribution in [0, 0.1) is 5.92 Å². The van der Waals surface area contributed by atoms with Crippen molar-refractivity contribution < 1.29 is 19.1 Å². The zero-order valence-corrected chi connectivity index (χ0v) is 18.9. The summed E-state index contributed by atoms with van der Waals surface area (Å²) in [5.74, 6) is -0.0346. The second-order valence-electron chi connectivity index (χ2n) is 8.35. The largest absolute Gasteiger partial charge is 0.492 e. The van der Waals surface area contributed by atoms with Gasteiger partial charge >= 0.3 is 6.03 Å². The van der Waals surface area contributed by atoms with Gasteiger partial charge in [-0.1, -0.05) is 24.3 Å². The molecule has 2 aliphatic rings. The number of ether oxygens (including phenoxy) is 1. The van der Waals surface area contributed by atoms with Gasteiger partial charge in [-0.3, -0.25) is 9.59 Å². The van der Waals surface area contributed by atoms with Crippen LogP contribution in [-0.2, 0) is 16.1 Å².